The summed E-state index contributed by atoms with van der Waals surface area (Å²) in [4.78, 5) is 37.1. The maximum absolute atomic E-state index is 11.7. The summed E-state index contributed by atoms with van der Waals surface area (Å²) in [5, 5.41) is 33.8. The third-order valence-corrected chi connectivity index (χ3v) is 8.96. The largest absolute Gasteiger partial charge is 0.504 e. The van der Waals surface area contributed by atoms with Crippen LogP contribution in [-0.2, 0) is 35.3 Å². The topological polar surface area (TPSA) is 158 Å². The Kier molecular flexibility index (Phi) is 8.01. The molecule has 1 aliphatic heterocycles. The first kappa shape index (κ1) is 29.8. The molecule has 1 aliphatic rings. The fraction of sp³-hybridized carbons (Fsp3) is 0.353. The molecule has 8 bridgehead atoms. The standard InChI is InChI=1S/C34H40N4O5/c1-7-20-19(6)32-34(43)33-21(8-2)16(3)26(37-33)13-24-17(4)22(9-11-30(39)40)28(35-24)15-29-23(10-12-31(41)42)18(5)25(36-29)14-27(20)38-32/h13-15,35-38,43H,7-12H2,1-6H3,(H,39,40)(H,41,42). The van der Waals surface area contributed by atoms with Crippen molar-refractivity contribution in [2.45, 2.75) is 80.1 Å². The van der Waals surface area contributed by atoms with E-state index in [1.165, 1.54) is 0 Å². The molecule has 0 unspecified atom stereocenters. The van der Waals surface area contributed by atoms with E-state index in [1.54, 1.807) is 0 Å². The summed E-state index contributed by atoms with van der Waals surface area (Å²) in [7, 11) is 0. The van der Waals surface area contributed by atoms with Crippen molar-refractivity contribution >= 4 is 35.9 Å². The number of H-pyrrole nitrogens is 4. The van der Waals surface area contributed by atoms with E-state index in [9.17, 15) is 24.9 Å². The summed E-state index contributed by atoms with van der Waals surface area (Å²) in [6.07, 6.45) is 8.16. The van der Waals surface area contributed by atoms with Gasteiger partial charge >= 0.3 is 11.9 Å². The lowest BCUT2D eigenvalue weighted by Gasteiger charge is -2.01. The van der Waals surface area contributed by atoms with Crippen molar-refractivity contribution in [1.82, 2.24) is 19.9 Å². The predicted molar refractivity (Wildman–Crippen MR) is 167 cm³/mol. The lowest BCUT2D eigenvalue weighted by Crippen LogP contribution is -2.17. The molecule has 0 aliphatic carbocycles. The van der Waals surface area contributed by atoms with E-state index in [0.717, 1.165) is 90.5 Å². The number of aliphatic carboxylic acids is 2. The van der Waals surface area contributed by atoms with E-state index in [-0.39, 0.29) is 18.6 Å². The van der Waals surface area contributed by atoms with Crippen LogP contribution in [0.15, 0.2) is 0 Å². The normalized spacial score (nSPS) is 12.6. The predicted octanol–water partition coefficient (Wildman–Crippen LogP) is 2.91. The second-order valence-electron chi connectivity index (χ2n) is 11.4. The van der Waals surface area contributed by atoms with Gasteiger partial charge in [-0.1, -0.05) is 13.8 Å². The molecule has 0 aromatic carbocycles. The van der Waals surface area contributed by atoms with Gasteiger partial charge in [-0.05, 0) is 116 Å². The molecule has 7 N–H and O–H groups in total. The number of carbonyl (C=O) groups is 2. The number of aliphatic hydroxyl groups is 1. The summed E-state index contributed by atoms with van der Waals surface area (Å²) in [5.41, 5.74) is 11.0. The van der Waals surface area contributed by atoms with Gasteiger partial charge in [0.1, 0.15) is 0 Å². The molecule has 5 rings (SSSR count). The molecule has 5 heterocycles. The number of rotatable bonds is 8. The Morgan fingerprint density at radius 3 is 1.77 bits per heavy atom. The van der Waals surface area contributed by atoms with Crippen molar-refractivity contribution in [1.29, 1.82) is 0 Å². The second kappa shape index (κ2) is 11.6. The molecule has 0 saturated heterocycles. The molecule has 0 amide bonds. The molecule has 0 fully saturated rings. The van der Waals surface area contributed by atoms with Crippen LogP contribution in [0.4, 0.5) is 0 Å². The van der Waals surface area contributed by atoms with Crippen LogP contribution in [0.2, 0.25) is 0 Å². The van der Waals surface area contributed by atoms with Gasteiger partial charge in [0.25, 0.3) is 0 Å². The number of hydrogen-bond donors (Lipinski definition) is 7. The summed E-state index contributed by atoms with van der Waals surface area (Å²) in [6.45, 7) is 12.2. The van der Waals surface area contributed by atoms with E-state index < -0.39 is 11.9 Å². The van der Waals surface area contributed by atoms with Crippen molar-refractivity contribution in [2.75, 3.05) is 0 Å². The third kappa shape index (κ3) is 5.35. The van der Waals surface area contributed by atoms with Gasteiger partial charge in [-0.15, -0.1) is 0 Å². The smallest absolute Gasteiger partial charge is 0.303 e. The molecule has 4 aromatic heterocycles. The van der Waals surface area contributed by atoms with Crippen LogP contribution in [0.25, 0.3) is 24.0 Å². The molecule has 226 valence electrons. The van der Waals surface area contributed by atoms with Gasteiger partial charge < -0.3 is 35.3 Å². The van der Waals surface area contributed by atoms with E-state index in [1.807, 2.05) is 45.9 Å². The number of carboxylic acids is 2. The molecule has 43 heavy (non-hydrogen) atoms. The van der Waals surface area contributed by atoms with Crippen LogP contribution >= 0.6 is 0 Å². The van der Waals surface area contributed by atoms with Crippen molar-refractivity contribution in [3.63, 3.8) is 0 Å². The van der Waals surface area contributed by atoms with Crippen LogP contribution in [0.1, 0.15) is 94.0 Å². The Hall–Kier alpha value is -4.66. The van der Waals surface area contributed by atoms with Crippen molar-refractivity contribution in [3.05, 3.63) is 88.7 Å². The Labute approximate surface area is 249 Å². The number of carboxylic acid groups (broad SMARTS) is 2. The quantitative estimate of drug-likeness (QED) is 0.169. The van der Waals surface area contributed by atoms with E-state index in [4.69, 9.17) is 0 Å². The number of aliphatic hydroxyl groups excluding tert-OH is 1. The number of aromatic amines is 4. The molecule has 0 spiro atoms. The number of nitrogens with one attached hydrogen (secondary N) is 4. The zero-order valence-electron chi connectivity index (χ0n) is 25.6. The van der Waals surface area contributed by atoms with Gasteiger partial charge in [-0.3, -0.25) is 9.59 Å². The fourth-order valence-corrected chi connectivity index (χ4v) is 6.47. The minimum Gasteiger partial charge on any atom is -0.504 e. The highest BCUT2D eigenvalue weighted by Gasteiger charge is 2.20. The highest BCUT2D eigenvalue weighted by molar-refractivity contribution is 5.70. The third-order valence-electron chi connectivity index (χ3n) is 8.96. The summed E-state index contributed by atoms with van der Waals surface area (Å²) < 4.78 is 0. The minimum absolute atomic E-state index is 0.0175. The monoisotopic (exact) mass is 584 g/mol. The van der Waals surface area contributed by atoms with Crippen LogP contribution < -0.4 is 21.4 Å². The van der Waals surface area contributed by atoms with Crippen LogP contribution in [0.3, 0.4) is 0 Å². The van der Waals surface area contributed by atoms with E-state index in [0.29, 0.717) is 23.9 Å². The van der Waals surface area contributed by atoms with E-state index in [2.05, 4.69) is 33.8 Å². The molecule has 0 atom stereocenters. The number of fused-ring (bicyclic) bond motifs is 8. The molecule has 9 heteroatoms. The number of hydrogen-bond acceptors (Lipinski definition) is 3. The van der Waals surface area contributed by atoms with Gasteiger partial charge in [0, 0.05) is 46.0 Å². The van der Waals surface area contributed by atoms with Gasteiger partial charge in [-0.25, -0.2) is 0 Å². The number of aromatic nitrogens is 4. The highest BCUT2D eigenvalue weighted by atomic mass is 16.4. The SMILES string of the molecule is CCc1c2[nH]c(c1C)C(O)=c1[nH]c(c(C)c1CC)=Cc1[nH]c(c(CCC(=O)O)c1C)C=c1[nH]c(c(C)c1CCC(=O)O)=C2. The highest BCUT2D eigenvalue weighted by Crippen LogP contribution is 2.25. The van der Waals surface area contributed by atoms with Crippen molar-refractivity contribution in [2.24, 2.45) is 0 Å². The second-order valence-corrected chi connectivity index (χ2v) is 11.4. The van der Waals surface area contributed by atoms with Crippen molar-refractivity contribution in [3.8, 4) is 0 Å². The van der Waals surface area contributed by atoms with Gasteiger partial charge in [0.15, 0.2) is 5.76 Å². The molecular formula is C34H40N4O5. The molecule has 9 nitrogen and oxygen atoms in total. The molecule has 0 saturated carbocycles. The fourth-order valence-electron chi connectivity index (χ4n) is 6.47. The lowest BCUT2D eigenvalue weighted by atomic mass is 10.0. The average Bonchev–Trinajstić information content (AvgIpc) is 3.63. The van der Waals surface area contributed by atoms with Gasteiger partial charge in [0.2, 0.25) is 0 Å². The van der Waals surface area contributed by atoms with Crippen molar-refractivity contribution < 1.29 is 24.9 Å². The first-order valence-electron chi connectivity index (χ1n) is 14.8. The zero-order chi connectivity index (χ0) is 31.2. The minimum atomic E-state index is -0.874. The zero-order valence-corrected chi connectivity index (χ0v) is 25.6. The maximum atomic E-state index is 11.7. The molecule has 0 radical (unpaired) electrons. The van der Waals surface area contributed by atoms with Gasteiger partial charge in [-0.2, -0.15) is 0 Å². The summed E-state index contributed by atoms with van der Waals surface area (Å²) in [5.74, 6) is -1.59. The van der Waals surface area contributed by atoms with Crippen LogP contribution in [-0.4, -0.2) is 47.2 Å². The molecule has 4 aromatic rings. The van der Waals surface area contributed by atoms with E-state index >= 15 is 0 Å². The lowest BCUT2D eigenvalue weighted by molar-refractivity contribution is -0.138. The first-order chi connectivity index (χ1) is 20.4. The molecular weight excluding hydrogens is 544 g/mol. The van der Waals surface area contributed by atoms with Crippen LogP contribution in [0.5, 0.6) is 0 Å². The first-order valence-corrected chi connectivity index (χ1v) is 14.8. The summed E-state index contributed by atoms with van der Waals surface area (Å²) in [6, 6.07) is 0. The summed E-state index contributed by atoms with van der Waals surface area (Å²) >= 11 is 0. The average molecular weight is 585 g/mol. The Bertz CT molecular complexity index is 2010. The Balaban J connectivity index is 1.94. The Morgan fingerprint density at radius 1 is 0.605 bits per heavy atom. The van der Waals surface area contributed by atoms with Crippen LogP contribution in [0, 0.1) is 27.7 Å². The Morgan fingerprint density at radius 2 is 1.14 bits per heavy atom. The maximum Gasteiger partial charge on any atom is 0.303 e. The van der Waals surface area contributed by atoms with Gasteiger partial charge in [0.05, 0.1) is 11.0 Å².